The fraction of sp³-hybridized carbons (Fsp3) is 0.500. The van der Waals surface area contributed by atoms with Crippen molar-refractivity contribution in [1.29, 1.82) is 0 Å². The smallest absolute Gasteiger partial charge is 0.0465 e. The fourth-order valence-electron chi connectivity index (χ4n) is 1.54. The van der Waals surface area contributed by atoms with E-state index < -0.39 is 0 Å². The van der Waals surface area contributed by atoms with Crippen LogP contribution in [-0.4, -0.2) is 24.5 Å². The van der Waals surface area contributed by atoms with Crippen molar-refractivity contribution in [1.82, 2.24) is 4.90 Å². The number of hydrogen-bond acceptors (Lipinski definition) is 2. The summed E-state index contributed by atoms with van der Waals surface area (Å²) in [6, 6.07) is 6.07. The van der Waals surface area contributed by atoms with Crippen molar-refractivity contribution < 1.29 is 0 Å². The Labute approximate surface area is 107 Å². The molecule has 0 aliphatic carbocycles. The second kappa shape index (κ2) is 6.45. The molecule has 0 saturated carbocycles. The van der Waals surface area contributed by atoms with Crippen LogP contribution >= 0.6 is 23.2 Å². The molecular formula is C12H18Cl2N2. The quantitative estimate of drug-likeness (QED) is 0.882. The summed E-state index contributed by atoms with van der Waals surface area (Å²) in [7, 11) is 2.07. The van der Waals surface area contributed by atoms with Crippen LogP contribution in [0.25, 0.3) is 0 Å². The Morgan fingerprint density at radius 3 is 2.62 bits per heavy atom. The van der Waals surface area contributed by atoms with Crippen LogP contribution in [-0.2, 0) is 6.54 Å². The van der Waals surface area contributed by atoms with Crippen molar-refractivity contribution in [3.63, 3.8) is 0 Å². The number of halogens is 2. The van der Waals surface area contributed by atoms with Crippen LogP contribution in [0.15, 0.2) is 18.2 Å². The third kappa shape index (κ3) is 3.95. The van der Waals surface area contributed by atoms with Crippen LogP contribution in [0, 0.1) is 0 Å². The molecule has 1 atom stereocenters. The molecule has 1 aromatic rings. The molecule has 1 rings (SSSR count). The van der Waals surface area contributed by atoms with E-state index in [2.05, 4.69) is 18.9 Å². The van der Waals surface area contributed by atoms with E-state index >= 15 is 0 Å². The third-order valence-electron chi connectivity index (χ3n) is 2.77. The second-order valence-corrected chi connectivity index (χ2v) is 4.92. The Morgan fingerprint density at radius 1 is 1.38 bits per heavy atom. The van der Waals surface area contributed by atoms with E-state index in [-0.39, 0.29) is 0 Å². The first kappa shape index (κ1) is 13.8. The molecule has 0 spiro atoms. The highest BCUT2D eigenvalue weighted by Crippen LogP contribution is 2.22. The van der Waals surface area contributed by atoms with Gasteiger partial charge in [-0.25, -0.2) is 0 Å². The fourth-order valence-corrected chi connectivity index (χ4v) is 2.00. The standard InChI is InChI=1S/C12H18Cl2N2/c1-9(5-6-15)16(2)8-10-3-4-11(13)7-12(10)14/h3-4,7,9H,5-6,8,15H2,1-2H3. The molecule has 0 radical (unpaired) electrons. The number of nitrogens with two attached hydrogens (primary N) is 1. The molecule has 0 aliphatic heterocycles. The van der Waals surface area contributed by atoms with Gasteiger partial charge in [-0.2, -0.15) is 0 Å². The van der Waals surface area contributed by atoms with E-state index in [1.807, 2.05) is 12.1 Å². The van der Waals surface area contributed by atoms with Crippen LogP contribution in [0.1, 0.15) is 18.9 Å². The molecule has 1 unspecified atom stereocenters. The summed E-state index contributed by atoms with van der Waals surface area (Å²) in [5, 5.41) is 1.39. The van der Waals surface area contributed by atoms with Gasteiger partial charge >= 0.3 is 0 Å². The molecule has 0 fully saturated rings. The Hall–Kier alpha value is -0.280. The minimum Gasteiger partial charge on any atom is -0.330 e. The maximum atomic E-state index is 6.12. The third-order valence-corrected chi connectivity index (χ3v) is 3.36. The molecule has 0 aliphatic rings. The summed E-state index contributed by atoms with van der Waals surface area (Å²) in [5.41, 5.74) is 6.64. The summed E-state index contributed by atoms with van der Waals surface area (Å²) in [4.78, 5) is 2.24. The van der Waals surface area contributed by atoms with E-state index in [1.165, 1.54) is 0 Å². The Morgan fingerprint density at radius 2 is 2.06 bits per heavy atom. The van der Waals surface area contributed by atoms with Crippen LogP contribution in [0.5, 0.6) is 0 Å². The van der Waals surface area contributed by atoms with Gasteiger partial charge in [0.1, 0.15) is 0 Å². The lowest BCUT2D eigenvalue weighted by Crippen LogP contribution is -2.30. The molecule has 16 heavy (non-hydrogen) atoms. The molecule has 2 N–H and O–H groups in total. The number of rotatable bonds is 5. The van der Waals surface area contributed by atoms with Crippen LogP contribution in [0.2, 0.25) is 10.0 Å². The van der Waals surface area contributed by atoms with Crippen molar-refractivity contribution in [3.8, 4) is 0 Å². The molecule has 0 saturated heterocycles. The maximum absolute atomic E-state index is 6.12. The zero-order chi connectivity index (χ0) is 12.1. The van der Waals surface area contributed by atoms with Gasteiger partial charge in [-0.1, -0.05) is 29.3 Å². The van der Waals surface area contributed by atoms with Crippen LogP contribution in [0.4, 0.5) is 0 Å². The van der Waals surface area contributed by atoms with E-state index in [9.17, 15) is 0 Å². The van der Waals surface area contributed by atoms with Crippen LogP contribution < -0.4 is 5.73 Å². The summed E-state index contributed by atoms with van der Waals surface area (Å²) < 4.78 is 0. The first-order valence-corrected chi connectivity index (χ1v) is 6.14. The number of nitrogens with zero attached hydrogens (tertiary/aromatic N) is 1. The average Bonchev–Trinajstić information content (AvgIpc) is 2.22. The van der Waals surface area contributed by atoms with Gasteiger partial charge in [0, 0.05) is 22.6 Å². The predicted molar refractivity (Wildman–Crippen MR) is 71.1 cm³/mol. The summed E-state index contributed by atoms with van der Waals surface area (Å²) >= 11 is 12.0. The molecule has 4 heteroatoms. The summed E-state index contributed by atoms with van der Waals surface area (Å²) in [6.45, 7) is 3.69. The predicted octanol–water partition coefficient (Wildman–Crippen LogP) is 3.16. The van der Waals surface area contributed by atoms with Gasteiger partial charge in [-0.05, 0) is 44.6 Å². The molecule has 0 aromatic heterocycles. The van der Waals surface area contributed by atoms with Gasteiger partial charge in [0.2, 0.25) is 0 Å². The first-order chi connectivity index (χ1) is 7.54. The van der Waals surface area contributed by atoms with E-state index in [0.29, 0.717) is 17.6 Å². The highest BCUT2D eigenvalue weighted by molar-refractivity contribution is 6.35. The number of benzene rings is 1. The summed E-state index contributed by atoms with van der Waals surface area (Å²) in [6.07, 6.45) is 0.988. The highest BCUT2D eigenvalue weighted by atomic mass is 35.5. The lowest BCUT2D eigenvalue weighted by molar-refractivity contribution is 0.240. The molecule has 0 heterocycles. The molecule has 1 aromatic carbocycles. The van der Waals surface area contributed by atoms with Crippen molar-refractivity contribution in [2.75, 3.05) is 13.6 Å². The van der Waals surface area contributed by atoms with E-state index in [4.69, 9.17) is 28.9 Å². The van der Waals surface area contributed by atoms with Gasteiger partial charge in [0.05, 0.1) is 0 Å². The Bertz CT molecular complexity index is 342. The lowest BCUT2D eigenvalue weighted by atomic mass is 10.1. The van der Waals surface area contributed by atoms with Gasteiger partial charge in [-0.3, -0.25) is 4.90 Å². The van der Waals surface area contributed by atoms with Crippen LogP contribution in [0.3, 0.4) is 0 Å². The molecule has 2 nitrogen and oxygen atoms in total. The summed E-state index contributed by atoms with van der Waals surface area (Å²) in [5.74, 6) is 0. The monoisotopic (exact) mass is 260 g/mol. The van der Waals surface area contributed by atoms with Crippen molar-refractivity contribution >= 4 is 23.2 Å². The second-order valence-electron chi connectivity index (χ2n) is 4.08. The zero-order valence-corrected chi connectivity index (χ0v) is 11.2. The van der Waals surface area contributed by atoms with Gasteiger partial charge in [0.15, 0.2) is 0 Å². The molecule has 0 bridgehead atoms. The Balaban J connectivity index is 2.65. The van der Waals surface area contributed by atoms with Crippen molar-refractivity contribution in [2.45, 2.75) is 25.9 Å². The average molecular weight is 261 g/mol. The van der Waals surface area contributed by atoms with Gasteiger partial charge in [0.25, 0.3) is 0 Å². The lowest BCUT2D eigenvalue weighted by Gasteiger charge is -2.24. The zero-order valence-electron chi connectivity index (χ0n) is 9.71. The van der Waals surface area contributed by atoms with Crippen molar-refractivity contribution in [3.05, 3.63) is 33.8 Å². The van der Waals surface area contributed by atoms with E-state index in [0.717, 1.165) is 23.6 Å². The van der Waals surface area contributed by atoms with Crippen molar-refractivity contribution in [2.24, 2.45) is 5.73 Å². The SMILES string of the molecule is CC(CCN)N(C)Cc1ccc(Cl)cc1Cl. The largest absolute Gasteiger partial charge is 0.330 e. The first-order valence-electron chi connectivity index (χ1n) is 5.39. The molecule has 90 valence electrons. The normalized spacial score (nSPS) is 13.1. The highest BCUT2D eigenvalue weighted by Gasteiger charge is 2.10. The molecule has 0 amide bonds. The Kier molecular flexibility index (Phi) is 5.56. The number of hydrogen-bond donors (Lipinski definition) is 1. The topological polar surface area (TPSA) is 29.3 Å². The van der Waals surface area contributed by atoms with E-state index in [1.54, 1.807) is 6.07 Å². The van der Waals surface area contributed by atoms with Gasteiger partial charge < -0.3 is 5.73 Å². The minimum absolute atomic E-state index is 0.455. The molecular weight excluding hydrogens is 243 g/mol. The minimum atomic E-state index is 0.455. The maximum Gasteiger partial charge on any atom is 0.0465 e. The van der Waals surface area contributed by atoms with Gasteiger partial charge in [-0.15, -0.1) is 0 Å².